The van der Waals surface area contributed by atoms with Gasteiger partial charge in [-0.05, 0) is 6.42 Å². The second-order valence-electron chi connectivity index (χ2n) is 3.81. The first-order valence-electron chi connectivity index (χ1n) is 5.37. The Morgan fingerprint density at radius 1 is 1.47 bits per heavy atom. The fourth-order valence-corrected chi connectivity index (χ4v) is 3.38. The van der Waals surface area contributed by atoms with Gasteiger partial charge < -0.3 is 0 Å². The Bertz CT molecular complexity index is 515. The van der Waals surface area contributed by atoms with Crippen molar-refractivity contribution in [3.8, 4) is 0 Å². The second kappa shape index (κ2) is 6.10. The van der Waals surface area contributed by atoms with Crippen LogP contribution in [0.3, 0.4) is 0 Å². The lowest BCUT2D eigenvalue weighted by Crippen LogP contribution is -2.39. The molecule has 19 heavy (non-hydrogen) atoms. The minimum absolute atomic E-state index is 0.143. The number of sulfonamides is 1. The SMILES string of the molecule is CCCN(CC(F)(F)F)S(=O)(=O)c1[nH]ncc1CCl. The molecule has 0 aliphatic rings. The molecular weight excluding hydrogens is 307 g/mol. The number of nitrogens with one attached hydrogen (secondary N) is 1. The number of rotatable bonds is 6. The van der Waals surface area contributed by atoms with E-state index in [1.54, 1.807) is 6.92 Å². The quantitative estimate of drug-likeness (QED) is 0.817. The highest BCUT2D eigenvalue weighted by Crippen LogP contribution is 2.24. The molecule has 110 valence electrons. The van der Waals surface area contributed by atoms with Crippen molar-refractivity contribution < 1.29 is 21.6 Å². The van der Waals surface area contributed by atoms with Crippen LogP contribution in [0.25, 0.3) is 0 Å². The third-order valence-electron chi connectivity index (χ3n) is 2.25. The molecule has 1 rings (SSSR count). The summed E-state index contributed by atoms with van der Waals surface area (Å²) in [6.07, 6.45) is -3.17. The molecule has 5 nitrogen and oxygen atoms in total. The summed E-state index contributed by atoms with van der Waals surface area (Å²) in [5.41, 5.74) is 0.143. The van der Waals surface area contributed by atoms with Gasteiger partial charge in [-0.25, -0.2) is 8.42 Å². The molecule has 1 aromatic heterocycles. The van der Waals surface area contributed by atoms with Crippen molar-refractivity contribution in [3.63, 3.8) is 0 Å². The van der Waals surface area contributed by atoms with Crippen LogP contribution in [0.15, 0.2) is 11.2 Å². The number of hydrogen-bond acceptors (Lipinski definition) is 3. The predicted molar refractivity (Wildman–Crippen MR) is 63.2 cm³/mol. The first-order chi connectivity index (χ1) is 8.72. The molecule has 0 spiro atoms. The van der Waals surface area contributed by atoms with Crippen molar-refractivity contribution in [2.24, 2.45) is 0 Å². The van der Waals surface area contributed by atoms with Crippen LogP contribution in [0.5, 0.6) is 0 Å². The Hall–Kier alpha value is -0.800. The molecule has 1 aromatic rings. The molecule has 0 saturated heterocycles. The molecular formula is C9H13ClF3N3O2S. The Kier molecular flexibility index (Phi) is 5.22. The number of H-pyrrole nitrogens is 1. The van der Waals surface area contributed by atoms with Gasteiger partial charge in [-0.1, -0.05) is 6.92 Å². The maximum absolute atomic E-state index is 12.4. The van der Waals surface area contributed by atoms with Crippen molar-refractivity contribution in [1.29, 1.82) is 0 Å². The third-order valence-corrected chi connectivity index (χ3v) is 4.40. The van der Waals surface area contributed by atoms with E-state index in [0.29, 0.717) is 4.31 Å². The van der Waals surface area contributed by atoms with Gasteiger partial charge in [-0.2, -0.15) is 22.6 Å². The fraction of sp³-hybridized carbons (Fsp3) is 0.667. The van der Waals surface area contributed by atoms with Gasteiger partial charge in [0.2, 0.25) is 0 Å². The van der Waals surface area contributed by atoms with E-state index in [1.165, 1.54) is 6.20 Å². The van der Waals surface area contributed by atoms with E-state index in [2.05, 4.69) is 10.2 Å². The number of hydrogen-bond donors (Lipinski definition) is 1. The van der Waals surface area contributed by atoms with E-state index in [0.717, 1.165) is 0 Å². The zero-order valence-electron chi connectivity index (χ0n) is 10.0. The average molecular weight is 320 g/mol. The van der Waals surface area contributed by atoms with Gasteiger partial charge in [0.15, 0.2) is 5.03 Å². The predicted octanol–water partition coefficient (Wildman–Crippen LogP) is 2.11. The lowest BCUT2D eigenvalue weighted by atomic mass is 10.4. The summed E-state index contributed by atoms with van der Waals surface area (Å²) < 4.78 is 61.9. The van der Waals surface area contributed by atoms with E-state index < -0.39 is 22.7 Å². The van der Waals surface area contributed by atoms with Gasteiger partial charge in [0.1, 0.15) is 6.54 Å². The standard InChI is InChI=1S/C9H13ClF3N3O2S/c1-2-3-16(6-9(11,12)13)19(17,18)8-7(4-10)5-14-15-8/h5H,2-4,6H2,1H3,(H,14,15). The largest absolute Gasteiger partial charge is 0.402 e. The van der Waals surface area contributed by atoms with E-state index in [-0.39, 0.29) is 29.4 Å². The molecule has 0 bridgehead atoms. The maximum atomic E-state index is 12.4. The number of nitrogens with zero attached hydrogens (tertiary/aromatic N) is 2. The number of aromatic nitrogens is 2. The van der Waals surface area contributed by atoms with Crippen LogP contribution in [0.2, 0.25) is 0 Å². The van der Waals surface area contributed by atoms with Crippen LogP contribution < -0.4 is 0 Å². The van der Waals surface area contributed by atoms with Crippen LogP contribution >= 0.6 is 11.6 Å². The first kappa shape index (κ1) is 16.3. The van der Waals surface area contributed by atoms with E-state index in [1.807, 2.05) is 0 Å². The second-order valence-corrected chi connectivity index (χ2v) is 5.95. The van der Waals surface area contributed by atoms with Gasteiger partial charge in [-0.3, -0.25) is 5.10 Å². The molecule has 0 fully saturated rings. The Labute approximate surface area is 113 Å². The van der Waals surface area contributed by atoms with E-state index in [9.17, 15) is 21.6 Å². The molecule has 1 heterocycles. The van der Waals surface area contributed by atoms with Gasteiger partial charge in [0.05, 0.1) is 12.1 Å². The molecule has 1 N–H and O–H groups in total. The minimum Gasteiger partial charge on any atom is -0.266 e. The van der Waals surface area contributed by atoms with Crippen molar-refractivity contribution in [3.05, 3.63) is 11.8 Å². The normalized spacial score (nSPS) is 13.2. The molecule has 10 heteroatoms. The third kappa shape index (κ3) is 4.08. The molecule has 0 aromatic carbocycles. The summed E-state index contributed by atoms with van der Waals surface area (Å²) in [4.78, 5) is 0. The zero-order chi connectivity index (χ0) is 14.7. The summed E-state index contributed by atoms with van der Waals surface area (Å²) in [6.45, 7) is -0.180. The topological polar surface area (TPSA) is 66.1 Å². The summed E-state index contributed by atoms with van der Waals surface area (Å²) in [5.74, 6) is -0.156. The minimum atomic E-state index is -4.61. The highest BCUT2D eigenvalue weighted by molar-refractivity contribution is 7.89. The molecule has 0 radical (unpaired) electrons. The molecule has 0 atom stereocenters. The number of alkyl halides is 4. The smallest absolute Gasteiger partial charge is 0.266 e. The molecule has 0 unspecified atom stereocenters. The van der Waals surface area contributed by atoms with Crippen LogP contribution in [0.4, 0.5) is 13.2 Å². The Morgan fingerprint density at radius 2 is 2.11 bits per heavy atom. The van der Waals surface area contributed by atoms with Crippen molar-refractivity contribution in [2.45, 2.75) is 30.4 Å². The van der Waals surface area contributed by atoms with Crippen LogP contribution in [0.1, 0.15) is 18.9 Å². The van der Waals surface area contributed by atoms with Crippen molar-refractivity contribution >= 4 is 21.6 Å². The lowest BCUT2D eigenvalue weighted by molar-refractivity contribution is -0.136. The lowest BCUT2D eigenvalue weighted by Gasteiger charge is -2.22. The molecule has 0 amide bonds. The number of halogens is 4. The fourth-order valence-electron chi connectivity index (χ4n) is 1.48. The molecule has 0 aliphatic heterocycles. The monoisotopic (exact) mass is 319 g/mol. The first-order valence-corrected chi connectivity index (χ1v) is 7.35. The average Bonchev–Trinajstić information content (AvgIpc) is 2.75. The van der Waals surface area contributed by atoms with Crippen molar-refractivity contribution in [1.82, 2.24) is 14.5 Å². The zero-order valence-corrected chi connectivity index (χ0v) is 11.6. The summed E-state index contributed by atoms with van der Waals surface area (Å²) in [6, 6.07) is 0. The Morgan fingerprint density at radius 3 is 2.58 bits per heavy atom. The molecule has 0 aliphatic carbocycles. The van der Waals surface area contributed by atoms with E-state index >= 15 is 0 Å². The summed E-state index contributed by atoms with van der Waals surface area (Å²) in [7, 11) is -4.28. The highest BCUT2D eigenvalue weighted by atomic mass is 35.5. The molecule has 0 saturated carbocycles. The van der Waals surface area contributed by atoms with Gasteiger partial charge in [0, 0.05) is 12.1 Å². The maximum Gasteiger partial charge on any atom is 0.402 e. The van der Waals surface area contributed by atoms with Gasteiger partial charge in [-0.15, -0.1) is 11.6 Å². The number of aromatic amines is 1. The van der Waals surface area contributed by atoms with Crippen LogP contribution in [0, 0.1) is 0 Å². The van der Waals surface area contributed by atoms with Crippen LogP contribution in [-0.2, 0) is 15.9 Å². The highest BCUT2D eigenvalue weighted by Gasteiger charge is 2.38. The van der Waals surface area contributed by atoms with Crippen molar-refractivity contribution in [2.75, 3.05) is 13.1 Å². The van der Waals surface area contributed by atoms with Gasteiger partial charge in [0.25, 0.3) is 10.0 Å². The Balaban J connectivity index is 3.13. The van der Waals surface area contributed by atoms with Crippen LogP contribution in [-0.4, -0.2) is 42.2 Å². The summed E-state index contributed by atoms with van der Waals surface area (Å²) >= 11 is 5.53. The summed E-state index contributed by atoms with van der Waals surface area (Å²) in [5, 5.41) is 5.30. The van der Waals surface area contributed by atoms with E-state index in [4.69, 9.17) is 11.6 Å². The van der Waals surface area contributed by atoms with Gasteiger partial charge >= 0.3 is 6.18 Å².